The van der Waals surface area contributed by atoms with Crippen LogP contribution in [0.25, 0.3) is 5.57 Å². The van der Waals surface area contributed by atoms with Crippen LogP contribution in [0.4, 0.5) is 0 Å². The summed E-state index contributed by atoms with van der Waals surface area (Å²) in [6.45, 7) is 3.92. The van der Waals surface area contributed by atoms with E-state index in [-0.39, 0.29) is 12.5 Å². The Morgan fingerprint density at radius 2 is 1.85 bits per heavy atom. The average molecular weight is 428 g/mol. The van der Waals surface area contributed by atoms with Crippen molar-refractivity contribution in [1.82, 2.24) is 4.90 Å². The van der Waals surface area contributed by atoms with Crippen molar-refractivity contribution in [3.63, 3.8) is 0 Å². The van der Waals surface area contributed by atoms with Crippen molar-refractivity contribution in [2.75, 3.05) is 12.3 Å². The largest absolute Gasteiger partial charge is 0.292 e. The van der Waals surface area contributed by atoms with Gasteiger partial charge in [0.05, 0.1) is 10.7 Å². The molecule has 148 valence electrons. The number of allylic oxidation sites excluding steroid dienone is 1. The lowest BCUT2D eigenvalue weighted by molar-refractivity contribution is -0.121. The standard InChI is InChI=1S/C19H25NO4S3/c1-3-4-5-6-7-15-8-10-16(11-9-15)14(2)17-18(21)20(19(25)26-17)12-13-27(22,23)24/h8-11H,3-7,12-13H2,1-2H3,(H,22,23,24). The van der Waals surface area contributed by atoms with Crippen LogP contribution in [0.5, 0.6) is 0 Å². The number of hydrogen-bond donors (Lipinski definition) is 1. The number of amides is 1. The fourth-order valence-corrected chi connectivity index (χ4v) is 4.60. The molecule has 2 rings (SSSR count). The highest BCUT2D eigenvalue weighted by Gasteiger charge is 2.34. The van der Waals surface area contributed by atoms with Gasteiger partial charge in [-0.2, -0.15) is 8.42 Å². The summed E-state index contributed by atoms with van der Waals surface area (Å²) in [7, 11) is -4.14. The SMILES string of the molecule is CCCCCCc1ccc(C(C)=C2SC(=S)N(CCS(=O)(=O)O)C2=O)cc1. The molecule has 0 saturated carbocycles. The Kier molecular flexibility index (Phi) is 8.03. The lowest BCUT2D eigenvalue weighted by Gasteiger charge is -2.13. The van der Waals surface area contributed by atoms with E-state index in [4.69, 9.17) is 16.8 Å². The van der Waals surface area contributed by atoms with Crippen molar-refractivity contribution in [2.45, 2.75) is 46.0 Å². The molecule has 1 aromatic carbocycles. The van der Waals surface area contributed by atoms with E-state index >= 15 is 0 Å². The van der Waals surface area contributed by atoms with E-state index in [9.17, 15) is 13.2 Å². The lowest BCUT2D eigenvalue weighted by atomic mass is 10.0. The van der Waals surface area contributed by atoms with Crippen LogP contribution in [0.2, 0.25) is 0 Å². The molecule has 1 amide bonds. The molecule has 1 saturated heterocycles. The van der Waals surface area contributed by atoms with Crippen molar-refractivity contribution in [3.05, 3.63) is 40.3 Å². The van der Waals surface area contributed by atoms with E-state index in [2.05, 4.69) is 19.1 Å². The van der Waals surface area contributed by atoms with Gasteiger partial charge in [-0.1, -0.05) is 74.4 Å². The van der Waals surface area contributed by atoms with Crippen molar-refractivity contribution in [1.29, 1.82) is 0 Å². The van der Waals surface area contributed by atoms with Gasteiger partial charge in [0.1, 0.15) is 4.32 Å². The number of benzene rings is 1. The van der Waals surface area contributed by atoms with Gasteiger partial charge in [0.2, 0.25) is 0 Å². The number of carbonyl (C=O) groups excluding carboxylic acids is 1. The Hall–Kier alpha value is -1.22. The molecule has 1 N–H and O–H groups in total. The summed E-state index contributed by atoms with van der Waals surface area (Å²) >= 11 is 6.37. The molecule has 0 aromatic heterocycles. The summed E-state index contributed by atoms with van der Waals surface area (Å²) in [5.41, 5.74) is 3.05. The summed E-state index contributed by atoms with van der Waals surface area (Å²) in [5, 5.41) is 0. The van der Waals surface area contributed by atoms with Gasteiger partial charge in [0, 0.05) is 6.54 Å². The molecule has 27 heavy (non-hydrogen) atoms. The first-order valence-electron chi connectivity index (χ1n) is 9.02. The Bertz CT molecular complexity index is 829. The van der Waals surface area contributed by atoms with Crippen molar-refractivity contribution < 1.29 is 17.8 Å². The summed E-state index contributed by atoms with van der Waals surface area (Å²) in [6.07, 6.45) is 5.95. The lowest BCUT2D eigenvalue weighted by Crippen LogP contribution is -2.32. The van der Waals surface area contributed by atoms with Gasteiger partial charge in [-0.3, -0.25) is 14.2 Å². The minimum absolute atomic E-state index is 0.142. The molecule has 0 radical (unpaired) electrons. The molecule has 0 bridgehead atoms. The van der Waals surface area contributed by atoms with Crippen LogP contribution in [0.3, 0.4) is 0 Å². The normalized spacial score (nSPS) is 16.9. The number of carbonyl (C=O) groups is 1. The third-order valence-electron chi connectivity index (χ3n) is 4.47. The number of thiocarbonyl (C=S) groups is 1. The summed E-state index contributed by atoms with van der Waals surface area (Å²) in [5.74, 6) is -0.840. The van der Waals surface area contributed by atoms with Crippen LogP contribution in [0.15, 0.2) is 29.2 Å². The maximum Gasteiger partial charge on any atom is 0.266 e. The maximum absolute atomic E-state index is 12.6. The van der Waals surface area contributed by atoms with Gasteiger partial charge in [-0.05, 0) is 36.5 Å². The van der Waals surface area contributed by atoms with Crippen LogP contribution in [0.1, 0.15) is 50.7 Å². The molecular weight excluding hydrogens is 402 g/mol. The fourth-order valence-electron chi connectivity index (χ4n) is 2.84. The third kappa shape index (κ3) is 6.41. The van der Waals surface area contributed by atoms with Crippen LogP contribution in [0, 0.1) is 0 Å². The van der Waals surface area contributed by atoms with Gasteiger partial charge in [0.15, 0.2) is 0 Å². The average Bonchev–Trinajstić information content (AvgIpc) is 2.90. The van der Waals surface area contributed by atoms with Crippen LogP contribution >= 0.6 is 24.0 Å². The first kappa shape index (κ1) is 22.1. The topological polar surface area (TPSA) is 74.7 Å². The maximum atomic E-state index is 12.6. The molecule has 1 aromatic rings. The number of hydrogen-bond acceptors (Lipinski definition) is 5. The number of nitrogens with zero attached hydrogens (tertiary/aromatic N) is 1. The second-order valence-corrected chi connectivity index (χ2v) is 9.79. The minimum Gasteiger partial charge on any atom is -0.292 e. The predicted molar refractivity (Wildman–Crippen MR) is 115 cm³/mol. The van der Waals surface area contributed by atoms with Gasteiger partial charge < -0.3 is 0 Å². The van der Waals surface area contributed by atoms with Gasteiger partial charge in [-0.15, -0.1) is 0 Å². The van der Waals surface area contributed by atoms with E-state index in [0.717, 1.165) is 17.6 Å². The number of thioether (sulfide) groups is 1. The number of rotatable bonds is 9. The van der Waals surface area contributed by atoms with E-state index in [1.807, 2.05) is 19.1 Å². The van der Waals surface area contributed by atoms with Gasteiger partial charge in [0.25, 0.3) is 16.0 Å². The highest BCUT2D eigenvalue weighted by molar-refractivity contribution is 8.26. The number of unbranched alkanes of at least 4 members (excludes halogenated alkanes) is 3. The molecule has 0 spiro atoms. The van der Waals surface area contributed by atoms with E-state index < -0.39 is 15.9 Å². The fraction of sp³-hybridized carbons (Fsp3) is 0.474. The molecule has 1 fully saturated rings. The first-order valence-corrected chi connectivity index (χ1v) is 11.9. The Balaban J connectivity index is 2.08. The highest BCUT2D eigenvalue weighted by Crippen LogP contribution is 2.36. The van der Waals surface area contributed by atoms with Crippen molar-refractivity contribution in [3.8, 4) is 0 Å². The van der Waals surface area contributed by atoms with Gasteiger partial charge in [-0.25, -0.2) is 0 Å². The zero-order chi connectivity index (χ0) is 20.0. The van der Waals surface area contributed by atoms with Crippen molar-refractivity contribution >= 4 is 49.9 Å². The summed E-state index contributed by atoms with van der Waals surface area (Å²) in [4.78, 5) is 14.3. The molecule has 0 aliphatic carbocycles. The van der Waals surface area contributed by atoms with Crippen LogP contribution < -0.4 is 0 Å². The Morgan fingerprint density at radius 3 is 2.44 bits per heavy atom. The smallest absolute Gasteiger partial charge is 0.266 e. The molecule has 0 unspecified atom stereocenters. The number of aryl methyl sites for hydroxylation is 1. The van der Waals surface area contributed by atoms with Gasteiger partial charge >= 0.3 is 0 Å². The first-order chi connectivity index (χ1) is 12.7. The van der Waals surface area contributed by atoms with Crippen LogP contribution in [-0.2, 0) is 21.3 Å². The monoisotopic (exact) mass is 427 g/mol. The quantitative estimate of drug-likeness (QED) is 0.274. The van der Waals surface area contributed by atoms with E-state index in [1.165, 1.54) is 47.9 Å². The zero-order valence-electron chi connectivity index (χ0n) is 15.6. The molecule has 0 atom stereocenters. The molecule has 1 aliphatic heterocycles. The summed E-state index contributed by atoms with van der Waals surface area (Å²) in [6, 6.07) is 8.19. The molecular formula is C19H25NO4S3. The molecule has 5 nitrogen and oxygen atoms in total. The van der Waals surface area contributed by atoms with E-state index in [0.29, 0.717) is 9.23 Å². The minimum atomic E-state index is -4.14. The molecule has 8 heteroatoms. The zero-order valence-corrected chi connectivity index (χ0v) is 18.1. The second-order valence-electron chi connectivity index (χ2n) is 6.57. The third-order valence-corrected chi connectivity index (χ3v) is 6.72. The van der Waals surface area contributed by atoms with Crippen molar-refractivity contribution in [2.24, 2.45) is 0 Å². The molecule has 1 aliphatic rings. The van der Waals surface area contributed by atoms with E-state index in [1.54, 1.807) is 0 Å². The molecule has 1 heterocycles. The summed E-state index contributed by atoms with van der Waals surface area (Å²) < 4.78 is 31.1. The predicted octanol–water partition coefficient (Wildman–Crippen LogP) is 4.29. The Labute approximate surface area is 171 Å². The Morgan fingerprint density at radius 1 is 1.19 bits per heavy atom. The highest BCUT2D eigenvalue weighted by atomic mass is 32.2. The van der Waals surface area contributed by atoms with Crippen LogP contribution in [-0.4, -0.2) is 40.4 Å². The second kappa shape index (κ2) is 9.82.